The van der Waals surface area contributed by atoms with Gasteiger partial charge in [-0.25, -0.2) is 0 Å². The van der Waals surface area contributed by atoms with Gasteiger partial charge in [-0.2, -0.15) is 0 Å². The van der Waals surface area contributed by atoms with Gasteiger partial charge in [0.05, 0.1) is 12.7 Å². The van der Waals surface area contributed by atoms with Crippen LogP contribution in [0.3, 0.4) is 0 Å². The van der Waals surface area contributed by atoms with Crippen molar-refractivity contribution >= 4 is 18.3 Å². The third kappa shape index (κ3) is 6.64. The molecule has 2 rings (SSSR count). The second kappa shape index (κ2) is 10.3. The molecule has 0 spiro atoms. The smallest absolute Gasteiger partial charge is 0.257 e. The first-order valence-corrected chi connectivity index (χ1v) is 7.70. The summed E-state index contributed by atoms with van der Waals surface area (Å²) in [5.74, 6) is 1.30. The fraction of sp³-hybridized carbons (Fsp3) is 0.562. The van der Waals surface area contributed by atoms with E-state index in [4.69, 9.17) is 9.47 Å². The van der Waals surface area contributed by atoms with E-state index in [-0.39, 0.29) is 30.8 Å². The van der Waals surface area contributed by atoms with Gasteiger partial charge in [-0.3, -0.25) is 4.79 Å². The molecule has 1 aromatic carbocycles. The lowest BCUT2D eigenvalue weighted by Crippen LogP contribution is -2.36. The van der Waals surface area contributed by atoms with Gasteiger partial charge in [0.1, 0.15) is 11.5 Å². The number of hydrogen-bond donors (Lipinski definition) is 3. The zero-order valence-electron chi connectivity index (χ0n) is 13.3. The fourth-order valence-electron chi connectivity index (χ4n) is 2.22. The molecular weight excluding hydrogens is 320 g/mol. The molecular formula is C16H25ClN2O4. The average molecular weight is 345 g/mol. The lowest BCUT2D eigenvalue weighted by atomic mass is 10.1. The maximum Gasteiger partial charge on any atom is 0.257 e. The Bertz CT molecular complexity index is 470. The number of halogens is 1. The second-order valence-corrected chi connectivity index (χ2v) is 5.40. The SMILES string of the molecule is CCCOc1ccc(OCC(=O)NCC2CNCC2O)cc1.Cl. The minimum Gasteiger partial charge on any atom is -0.494 e. The standard InChI is InChI=1S/C16H24N2O4.ClH/c1-2-7-21-13-3-5-14(6-4-13)22-11-16(20)18-9-12-8-17-10-15(12)19;/h3-6,12,15,17,19H,2,7-11H2,1H3,(H,18,20);1H. The van der Waals surface area contributed by atoms with Crippen LogP contribution in [0.4, 0.5) is 0 Å². The van der Waals surface area contributed by atoms with Gasteiger partial charge in [-0.05, 0) is 30.7 Å². The van der Waals surface area contributed by atoms with E-state index < -0.39 is 6.10 Å². The van der Waals surface area contributed by atoms with Gasteiger partial charge in [0.2, 0.25) is 0 Å². The van der Waals surface area contributed by atoms with Crippen LogP contribution >= 0.6 is 12.4 Å². The predicted molar refractivity (Wildman–Crippen MR) is 90.3 cm³/mol. The molecule has 1 amide bonds. The van der Waals surface area contributed by atoms with Crippen LogP contribution in [-0.2, 0) is 4.79 Å². The molecule has 0 aliphatic carbocycles. The molecule has 1 aliphatic rings. The molecule has 23 heavy (non-hydrogen) atoms. The molecule has 0 aromatic heterocycles. The number of β-amino-alcohol motifs (C(OH)–C–C–N with tert-alkyl or cyclic N) is 1. The van der Waals surface area contributed by atoms with Gasteiger partial charge in [0.25, 0.3) is 5.91 Å². The largest absolute Gasteiger partial charge is 0.494 e. The van der Waals surface area contributed by atoms with Gasteiger partial charge in [-0.1, -0.05) is 6.92 Å². The highest BCUT2D eigenvalue weighted by atomic mass is 35.5. The summed E-state index contributed by atoms with van der Waals surface area (Å²) in [6, 6.07) is 7.21. The lowest BCUT2D eigenvalue weighted by Gasteiger charge is -2.14. The Kier molecular flexibility index (Phi) is 8.76. The van der Waals surface area contributed by atoms with E-state index in [0.29, 0.717) is 25.4 Å². The molecule has 1 heterocycles. The number of amides is 1. The van der Waals surface area contributed by atoms with Crippen molar-refractivity contribution < 1.29 is 19.4 Å². The van der Waals surface area contributed by atoms with E-state index in [1.54, 1.807) is 12.1 Å². The summed E-state index contributed by atoms with van der Waals surface area (Å²) in [6.07, 6.45) is 0.570. The molecule has 6 nitrogen and oxygen atoms in total. The quantitative estimate of drug-likeness (QED) is 0.655. The molecule has 130 valence electrons. The molecule has 0 bridgehead atoms. The lowest BCUT2D eigenvalue weighted by molar-refractivity contribution is -0.123. The van der Waals surface area contributed by atoms with Crippen molar-refractivity contribution in [3.63, 3.8) is 0 Å². The van der Waals surface area contributed by atoms with E-state index >= 15 is 0 Å². The van der Waals surface area contributed by atoms with Crippen LogP contribution in [-0.4, -0.2) is 50.0 Å². The van der Waals surface area contributed by atoms with Crippen molar-refractivity contribution in [3.05, 3.63) is 24.3 Å². The third-order valence-corrected chi connectivity index (χ3v) is 3.53. The molecule has 2 atom stereocenters. The van der Waals surface area contributed by atoms with Crippen molar-refractivity contribution in [1.29, 1.82) is 0 Å². The van der Waals surface area contributed by atoms with Gasteiger partial charge >= 0.3 is 0 Å². The molecule has 2 unspecified atom stereocenters. The topological polar surface area (TPSA) is 79.8 Å². The summed E-state index contributed by atoms with van der Waals surface area (Å²) in [5, 5.41) is 15.5. The highest BCUT2D eigenvalue weighted by Crippen LogP contribution is 2.17. The highest BCUT2D eigenvalue weighted by Gasteiger charge is 2.24. The van der Waals surface area contributed by atoms with Crippen LogP contribution in [0.15, 0.2) is 24.3 Å². The molecule has 1 saturated heterocycles. The number of ether oxygens (including phenoxy) is 2. The van der Waals surface area contributed by atoms with E-state index in [9.17, 15) is 9.90 Å². The summed E-state index contributed by atoms with van der Waals surface area (Å²) >= 11 is 0. The van der Waals surface area contributed by atoms with Gasteiger partial charge in [-0.15, -0.1) is 12.4 Å². The van der Waals surface area contributed by atoms with Crippen LogP contribution in [0, 0.1) is 5.92 Å². The summed E-state index contributed by atoms with van der Waals surface area (Å²) < 4.78 is 10.9. The molecule has 7 heteroatoms. The Balaban J connectivity index is 0.00000264. The summed E-state index contributed by atoms with van der Waals surface area (Å²) in [4.78, 5) is 11.7. The molecule has 3 N–H and O–H groups in total. The van der Waals surface area contributed by atoms with E-state index in [2.05, 4.69) is 17.6 Å². The number of hydrogen-bond acceptors (Lipinski definition) is 5. The van der Waals surface area contributed by atoms with Crippen molar-refractivity contribution in [2.45, 2.75) is 19.4 Å². The van der Waals surface area contributed by atoms with Crippen molar-refractivity contribution in [1.82, 2.24) is 10.6 Å². The van der Waals surface area contributed by atoms with E-state index in [1.807, 2.05) is 12.1 Å². The van der Waals surface area contributed by atoms with Crippen LogP contribution in [0.25, 0.3) is 0 Å². The third-order valence-electron chi connectivity index (χ3n) is 3.53. The first-order valence-electron chi connectivity index (χ1n) is 7.70. The second-order valence-electron chi connectivity index (χ2n) is 5.40. The highest BCUT2D eigenvalue weighted by molar-refractivity contribution is 5.85. The predicted octanol–water partition coefficient (Wildman–Crippen LogP) is 0.973. The Hall–Kier alpha value is -1.50. The first-order chi connectivity index (χ1) is 10.7. The number of nitrogens with one attached hydrogen (secondary N) is 2. The molecule has 0 radical (unpaired) electrons. The summed E-state index contributed by atoms with van der Waals surface area (Å²) in [6.45, 7) is 4.47. The summed E-state index contributed by atoms with van der Waals surface area (Å²) in [5.41, 5.74) is 0. The molecule has 1 fully saturated rings. The molecule has 1 aliphatic heterocycles. The number of carbonyl (C=O) groups is 1. The van der Waals surface area contributed by atoms with Crippen LogP contribution in [0.1, 0.15) is 13.3 Å². The van der Waals surface area contributed by atoms with Crippen molar-refractivity contribution in [2.24, 2.45) is 5.92 Å². The number of benzene rings is 1. The van der Waals surface area contributed by atoms with Crippen LogP contribution in [0.5, 0.6) is 11.5 Å². The molecule has 1 aromatic rings. The Morgan fingerprint density at radius 3 is 2.48 bits per heavy atom. The molecule has 0 saturated carbocycles. The maximum atomic E-state index is 11.7. The van der Waals surface area contributed by atoms with E-state index in [1.165, 1.54) is 0 Å². The Morgan fingerprint density at radius 1 is 1.26 bits per heavy atom. The van der Waals surface area contributed by atoms with Gasteiger partial charge < -0.3 is 25.2 Å². The zero-order valence-corrected chi connectivity index (χ0v) is 14.1. The summed E-state index contributed by atoms with van der Waals surface area (Å²) in [7, 11) is 0. The maximum absolute atomic E-state index is 11.7. The number of aliphatic hydroxyl groups excluding tert-OH is 1. The van der Waals surface area contributed by atoms with E-state index in [0.717, 1.165) is 18.7 Å². The van der Waals surface area contributed by atoms with Crippen LogP contribution in [0.2, 0.25) is 0 Å². The minimum atomic E-state index is -0.392. The van der Waals surface area contributed by atoms with Gasteiger partial charge in [0, 0.05) is 25.6 Å². The number of rotatable bonds is 8. The number of aliphatic hydroxyl groups is 1. The zero-order chi connectivity index (χ0) is 15.8. The minimum absolute atomic E-state index is 0. The first kappa shape index (κ1) is 19.5. The Labute approximate surface area is 143 Å². The monoisotopic (exact) mass is 344 g/mol. The van der Waals surface area contributed by atoms with Crippen molar-refractivity contribution in [3.8, 4) is 11.5 Å². The fourth-order valence-corrected chi connectivity index (χ4v) is 2.22. The average Bonchev–Trinajstić information content (AvgIpc) is 2.95. The van der Waals surface area contributed by atoms with Crippen LogP contribution < -0.4 is 20.1 Å². The van der Waals surface area contributed by atoms with Gasteiger partial charge in [0.15, 0.2) is 6.61 Å². The van der Waals surface area contributed by atoms with Crippen molar-refractivity contribution in [2.75, 3.05) is 32.8 Å². The Morgan fingerprint density at radius 2 is 1.91 bits per heavy atom. The normalized spacial score (nSPS) is 19.7. The number of carbonyl (C=O) groups excluding carboxylic acids is 1.